The maximum absolute atomic E-state index is 12.1. The highest BCUT2D eigenvalue weighted by molar-refractivity contribution is 5.90. The van der Waals surface area contributed by atoms with Gasteiger partial charge in [0.25, 0.3) is 0 Å². The normalized spacial score (nSPS) is 11.1. The van der Waals surface area contributed by atoms with E-state index >= 15 is 0 Å². The molecular weight excluding hydrogens is 558 g/mol. The summed E-state index contributed by atoms with van der Waals surface area (Å²) in [5, 5.41) is 11.1. The van der Waals surface area contributed by atoms with Gasteiger partial charge in [0, 0.05) is 30.0 Å². The van der Waals surface area contributed by atoms with Gasteiger partial charge < -0.3 is 14.6 Å². The first-order chi connectivity index (χ1) is 22.1. The number of rotatable bonds is 29. The van der Waals surface area contributed by atoms with Gasteiger partial charge in [-0.2, -0.15) is 0 Å². The number of pyridine rings is 1. The maximum Gasteiger partial charge on any atom is 0.311 e. The summed E-state index contributed by atoms with van der Waals surface area (Å²) in [6, 6.07) is 10.6. The van der Waals surface area contributed by atoms with E-state index in [-0.39, 0.29) is 17.3 Å². The molecule has 0 aliphatic heterocycles. The Kier molecular flexibility index (Phi) is 22.7. The largest absolute Gasteiger partial charge is 0.545 e. The predicted molar refractivity (Wildman–Crippen MR) is 183 cm³/mol. The van der Waals surface area contributed by atoms with Crippen molar-refractivity contribution in [2.24, 2.45) is 0 Å². The topological polar surface area (TPSA) is 70.3 Å². The number of para-hydroxylation sites is 1. The van der Waals surface area contributed by atoms with Crippen LogP contribution in [0.25, 0.3) is 0 Å². The number of carboxylic acids is 1. The number of aromatic nitrogens is 1. The second-order valence-corrected chi connectivity index (χ2v) is 13.0. The highest BCUT2D eigenvalue weighted by Crippen LogP contribution is 2.19. The molecule has 1 heterocycles. The molecule has 2 aromatic rings. The summed E-state index contributed by atoms with van der Waals surface area (Å²) >= 11 is 0. The van der Waals surface area contributed by atoms with Crippen molar-refractivity contribution in [3.05, 3.63) is 59.9 Å². The molecule has 0 fully saturated rings. The molecule has 45 heavy (non-hydrogen) atoms. The lowest BCUT2D eigenvalue weighted by Crippen LogP contribution is -2.33. The van der Waals surface area contributed by atoms with Crippen molar-refractivity contribution in [3.8, 4) is 5.75 Å². The van der Waals surface area contributed by atoms with E-state index in [1.165, 1.54) is 153 Å². The second kappa shape index (κ2) is 26.5. The van der Waals surface area contributed by atoms with Gasteiger partial charge in [0.1, 0.15) is 12.3 Å². The van der Waals surface area contributed by atoms with Gasteiger partial charge in [-0.25, -0.2) is 4.57 Å². The summed E-state index contributed by atoms with van der Waals surface area (Å²) in [5.74, 6) is -1.66. The predicted octanol–water partition coefficient (Wildman–Crippen LogP) is 9.87. The Morgan fingerprint density at radius 3 is 1.71 bits per heavy atom. The van der Waals surface area contributed by atoms with E-state index in [1.807, 2.05) is 0 Å². The van der Waals surface area contributed by atoms with Crippen LogP contribution < -0.4 is 14.4 Å². The van der Waals surface area contributed by atoms with Crippen LogP contribution in [0.1, 0.15) is 177 Å². The fourth-order valence-electron chi connectivity index (χ4n) is 6.09. The molecule has 0 saturated carbocycles. The number of aryl methyl sites for hydroxylation is 2. The van der Waals surface area contributed by atoms with E-state index in [1.54, 1.807) is 12.1 Å². The molecule has 0 N–H and O–H groups in total. The Morgan fingerprint density at radius 2 is 1.13 bits per heavy atom. The number of hydrogen-bond acceptors (Lipinski definition) is 4. The van der Waals surface area contributed by atoms with Crippen LogP contribution in [-0.4, -0.2) is 11.9 Å². The Labute approximate surface area is 275 Å². The molecule has 0 amide bonds. The van der Waals surface area contributed by atoms with Crippen molar-refractivity contribution in [3.63, 3.8) is 0 Å². The van der Waals surface area contributed by atoms with E-state index in [4.69, 9.17) is 4.74 Å². The van der Waals surface area contributed by atoms with Crippen LogP contribution in [-0.2, 0) is 17.8 Å². The summed E-state index contributed by atoms with van der Waals surface area (Å²) in [6.45, 7) is 3.43. The number of hydrogen-bond donors (Lipinski definition) is 0. The summed E-state index contributed by atoms with van der Waals surface area (Å²) in [5.41, 5.74) is 1.37. The molecule has 5 nitrogen and oxygen atoms in total. The molecule has 5 heteroatoms. The first-order valence-electron chi connectivity index (χ1n) is 18.6. The maximum atomic E-state index is 12.1. The van der Waals surface area contributed by atoms with Gasteiger partial charge >= 0.3 is 5.97 Å². The number of carboxylic acid groups (broad SMARTS) is 1. The lowest BCUT2D eigenvalue weighted by Gasteiger charge is -2.10. The third-order valence-electron chi connectivity index (χ3n) is 8.87. The van der Waals surface area contributed by atoms with E-state index in [0.29, 0.717) is 6.42 Å². The molecule has 2 rings (SSSR count). The Bertz CT molecular complexity index is 1040. The molecule has 252 valence electrons. The number of carbonyl (C=O) groups excluding carboxylic acids is 2. The first kappa shape index (κ1) is 38.5. The van der Waals surface area contributed by atoms with Gasteiger partial charge in [-0.15, -0.1) is 0 Å². The second-order valence-electron chi connectivity index (χ2n) is 13.0. The third kappa shape index (κ3) is 20.1. The number of ether oxygens (including phenoxy) is 1. The minimum Gasteiger partial charge on any atom is -0.545 e. The lowest BCUT2D eigenvalue weighted by molar-refractivity contribution is -0.697. The van der Waals surface area contributed by atoms with E-state index in [0.717, 1.165) is 25.8 Å². The zero-order valence-corrected chi connectivity index (χ0v) is 28.6. The standard InChI is InChI=1S/C40H63NO4/c1-2-3-4-5-6-7-8-9-10-11-15-18-21-26-33-41-34-27-29-36(35-41)28-22-19-16-13-12-14-17-20-23-32-39(42)45-38-31-25-24-30-37(38)40(43)44/h24-25,27,29-31,34-35H,2-23,26,28,32-33H2,1H3. The van der Waals surface area contributed by atoms with Gasteiger partial charge in [-0.3, -0.25) is 4.79 Å². The smallest absolute Gasteiger partial charge is 0.311 e. The minimum atomic E-state index is -1.34. The molecule has 0 atom stereocenters. The number of unbranched alkanes of at least 4 members (excludes halogenated alkanes) is 21. The lowest BCUT2D eigenvalue weighted by atomic mass is 10.0. The van der Waals surface area contributed by atoms with Crippen LogP contribution in [0.5, 0.6) is 5.75 Å². The molecule has 0 unspecified atom stereocenters. The first-order valence-corrected chi connectivity index (χ1v) is 18.6. The fourth-order valence-corrected chi connectivity index (χ4v) is 6.09. The van der Waals surface area contributed by atoms with Crippen LogP contribution >= 0.6 is 0 Å². The van der Waals surface area contributed by atoms with Crippen LogP contribution in [0.3, 0.4) is 0 Å². The molecule has 0 aliphatic rings. The third-order valence-corrected chi connectivity index (χ3v) is 8.87. The van der Waals surface area contributed by atoms with Crippen molar-refractivity contribution in [2.45, 2.75) is 174 Å². The van der Waals surface area contributed by atoms with Crippen molar-refractivity contribution in [1.82, 2.24) is 0 Å². The Hall–Kier alpha value is -2.69. The van der Waals surface area contributed by atoms with Crippen molar-refractivity contribution in [1.29, 1.82) is 0 Å². The number of aromatic carboxylic acids is 1. The average molecular weight is 622 g/mol. The summed E-state index contributed by atoms with van der Waals surface area (Å²) in [4.78, 5) is 23.2. The van der Waals surface area contributed by atoms with Gasteiger partial charge in [-0.1, -0.05) is 141 Å². The zero-order valence-electron chi connectivity index (χ0n) is 28.6. The van der Waals surface area contributed by atoms with E-state index in [9.17, 15) is 14.7 Å². The average Bonchev–Trinajstić information content (AvgIpc) is 3.04. The quantitative estimate of drug-likeness (QED) is 0.0392. The van der Waals surface area contributed by atoms with Crippen molar-refractivity contribution < 1.29 is 24.0 Å². The minimum absolute atomic E-state index is 0.0641. The molecule has 0 saturated heterocycles. The summed E-state index contributed by atoms with van der Waals surface area (Å²) in [7, 11) is 0. The molecule has 1 aromatic carbocycles. The van der Waals surface area contributed by atoms with Crippen molar-refractivity contribution in [2.75, 3.05) is 0 Å². The molecule has 0 aliphatic carbocycles. The van der Waals surface area contributed by atoms with Gasteiger partial charge in [0.05, 0.1) is 5.97 Å². The van der Waals surface area contributed by atoms with E-state index < -0.39 is 5.97 Å². The highest BCUT2D eigenvalue weighted by atomic mass is 16.5. The summed E-state index contributed by atoms with van der Waals surface area (Å²) < 4.78 is 7.61. The van der Waals surface area contributed by atoms with Crippen LogP contribution in [0.4, 0.5) is 0 Å². The molecular formula is C40H63NO4. The van der Waals surface area contributed by atoms with Crippen molar-refractivity contribution >= 4 is 11.9 Å². The number of esters is 1. The van der Waals surface area contributed by atoms with Gasteiger partial charge in [0.2, 0.25) is 0 Å². The van der Waals surface area contributed by atoms with Crippen LogP contribution in [0, 0.1) is 0 Å². The Balaban J connectivity index is 1.37. The molecule has 0 radical (unpaired) electrons. The molecule has 0 spiro atoms. The molecule has 1 aromatic heterocycles. The SMILES string of the molecule is CCCCCCCCCCCCCCCC[n+]1cccc(CCCCCCCCCCCC(=O)Oc2ccccc2C(=O)[O-])c1. The molecule has 0 bridgehead atoms. The number of carbonyl (C=O) groups is 2. The van der Waals surface area contributed by atoms with Crippen LogP contribution in [0.2, 0.25) is 0 Å². The van der Waals surface area contributed by atoms with E-state index in [2.05, 4.69) is 36.0 Å². The van der Waals surface area contributed by atoms with Gasteiger partial charge in [-0.05, 0) is 43.9 Å². The highest BCUT2D eigenvalue weighted by Gasteiger charge is 2.09. The monoisotopic (exact) mass is 621 g/mol. The number of benzene rings is 1. The van der Waals surface area contributed by atoms with Crippen LogP contribution in [0.15, 0.2) is 48.8 Å². The zero-order chi connectivity index (χ0) is 32.2. The fraction of sp³-hybridized carbons (Fsp3) is 0.675. The van der Waals surface area contributed by atoms with Gasteiger partial charge in [0.15, 0.2) is 12.4 Å². The Morgan fingerprint density at radius 1 is 0.622 bits per heavy atom. The number of nitrogens with zero attached hydrogens (tertiary/aromatic N) is 1. The summed E-state index contributed by atoms with van der Waals surface area (Å²) in [6.07, 6.45) is 36.2.